The van der Waals surface area contributed by atoms with E-state index in [9.17, 15) is 4.79 Å². The van der Waals surface area contributed by atoms with Gasteiger partial charge in [0.25, 0.3) is 0 Å². The fourth-order valence-electron chi connectivity index (χ4n) is 4.31. The number of pyridine rings is 1. The second-order valence-electron chi connectivity index (χ2n) is 9.73. The number of nitrogens with one attached hydrogen (secondary N) is 1. The Balaban J connectivity index is 1.44. The Labute approximate surface area is 179 Å². The van der Waals surface area contributed by atoms with Crippen molar-refractivity contribution in [3.05, 3.63) is 47.3 Å². The van der Waals surface area contributed by atoms with Crippen LogP contribution in [0.4, 0.5) is 5.69 Å². The van der Waals surface area contributed by atoms with Crippen LogP contribution < -0.4 is 5.32 Å². The molecule has 2 aliphatic rings. The number of nitrogens with zero attached hydrogens (tertiary/aromatic N) is 4. The van der Waals surface area contributed by atoms with Crippen LogP contribution in [0.15, 0.2) is 24.7 Å². The molecule has 2 aromatic rings. The number of carbonyl (C=O) groups excluding carboxylic acids is 1. The fraction of sp³-hybridized carbons (Fsp3) is 0.583. The lowest BCUT2D eigenvalue weighted by molar-refractivity contribution is -0.123. The molecule has 6 nitrogen and oxygen atoms in total. The molecule has 0 saturated heterocycles. The largest absolute Gasteiger partial charge is 0.325 e. The molecule has 6 heteroatoms. The zero-order valence-corrected chi connectivity index (χ0v) is 18.4. The van der Waals surface area contributed by atoms with E-state index in [0.29, 0.717) is 5.92 Å². The zero-order chi connectivity index (χ0) is 21.1. The van der Waals surface area contributed by atoms with Crippen LogP contribution in [0.5, 0.6) is 0 Å². The van der Waals surface area contributed by atoms with Crippen molar-refractivity contribution in [3.63, 3.8) is 0 Å². The molecule has 0 spiro atoms. The first-order chi connectivity index (χ1) is 14.4. The molecular formula is C24H33N5O. The number of hydrogen-bond donors (Lipinski definition) is 1. The van der Waals surface area contributed by atoms with Crippen molar-refractivity contribution in [2.75, 3.05) is 11.9 Å². The predicted molar refractivity (Wildman–Crippen MR) is 118 cm³/mol. The fourth-order valence-corrected chi connectivity index (χ4v) is 4.31. The molecule has 1 saturated carbocycles. The Morgan fingerprint density at radius 2 is 2.00 bits per heavy atom. The second-order valence-corrected chi connectivity index (χ2v) is 9.73. The van der Waals surface area contributed by atoms with Gasteiger partial charge in [-0.3, -0.25) is 14.7 Å². The molecule has 0 bridgehead atoms. The number of carbonyl (C=O) groups is 1. The summed E-state index contributed by atoms with van der Waals surface area (Å²) in [5.41, 5.74) is 3.90. The summed E-state index contributed by atoms with van der Waals surface area (Å²) in [6.45, 7) is 8.31. The molecule has 0 radical (unpaired) electrons. The molecule has 1 N–H and O–H groups in total. The van der Waals surface area contributed by atoms with E-state index in [1.54, 1.807) is 6.20 Å². The molecule has 2 aromatic heterocycles. The van der Waals surface area contributed by atoms with Gasteiger partial charge in [0.15, 0.2) is 0 Å². The zero-order valence-electron chi connectivity index (χ0n) is 18.4. The van der Waals surface area contributed by atoms with Crippen LogP contribution in [-0.2, 0) is 24.3 Å². The predicted octanol–water partition coefficient (Wildman–Crippen LogP) is 4.46. The lowest BCUT2D eigenvalue weighted by Crippen LogP contribution is -2.32. The van der Waals surface area contributed by atoms with Crippen LogP contribution in [-0.4, -0.2) is 32.3 Å². The summed E-state index contributed by atoms with van der Waals surface area (Å²) in [5, 5.41) is 3.07. The van der Waals surface area contributed by atoms with E-state index in [0.717, 1.165) is 43.1 Å². The number of anilines is 1. The second kappa shape index (κ2) is 8.80. The smallest absolute Gasteiger partial charge is 0.229 e. The van der Waals surface area contributed by atoms with Gasteiger partial charge in [-0.25, -0.2) is 9.97 Å². The SMILES string of the molecule is CC(C)(C)C(=O)Nc1ccncc1CN1CCc2nc(C3CCCCC3)ncc2C1. The highest BCUT2D eigenvalue weighted by Crippen LogP contribution is 2.31. The van der Waals surface area contributed by atoms with Gasteiger partial charge in [-0.15, -0.1) is 0 Å². The molecule has 3 heterocycles. The summed E-state index contributed by atoms with van der Waals surface area (Å²) in [7, 11) is 0. The quantitative estimate of drug-likeness (QED) is 0.810. The molecule has 160 valence electrons. The van der Waals surface area contributed by atoms with Crippen LogP contribution in [0.2, 0.25) is 0 Å². The summed E-state index contributed by atoms with van der Waals surface area (Å²) in [6.07, 6.45) is 13.0. The third kappa shape index (κ3) is 4.86. The summed E-state index contributed by atoms with van der Waals surface area (Å²) in [5.74, 6) is 1.62. The minimum absolute atomic E-state index is 0.0163. The standard InChI is InChI=1S/C24H33N5O/c1-24(2,3)23(30)28-20-9-11-25-13-18(20)15-29-12-10-21-19(16-29)14-26-22(27-21)17-7-5-4-6-8-17/h9,11,13-14,17H,4-8,10,12,15-16H2,1-3H3,(H,25,28,30). The normalized spacial score (nSPS) is 18.1. The summed E-state index contributed by atoms with van der Waals surface area (Å²) < 4.78 is 0. The van der Waals surface area contributed by atoms with Gasteiger partial charge in [-0.05, 0) is 18.9 Å². The highest BCUT2D eigenvalue weighted by molar-refractivity contribution is 5.95. The third-order valence-electron chi connectivity index (χ3n) is 6.23. The van der Waals surface area contributed by atoms with Crippen molar-refractivity contribution in [2.24, 2.45) is 5.41 Å². The molecular weight excluding hydrogens is 374 g/mol. The lowest BCUT2D eigenvalue weighted by Gasteiger charge is -2.29. The first-order valence-corrected chi connectivity index (χ1v) is 11.2. The van der Waals surface area contributed by atoms with Gasteiger partial charge in [0.05, 0.1) is 0 Å². The molecule has 1 aliphatic carbocycles. The molecule has 0 aromatic carbocycles. The maximum Gasteiger partial charge on any atom is 0.229 e. The van der Waals surface area contributed by atoms with Crippen LogP contribution in [0.1, 0.15) is 81.4 Å². The van der Waals surface area contributed by atoms with Gasteiger partial charge in [-0.2, -0.15) is 0 Å². The van der Waals surface area contributed by atoms with Gasteiger partial charge < -0.3 is 5.32 Å². The van der Waals surface area contributed by atoms with E-state index >= 15 is 0 Å². The topological polar surface area (TPSA) is 71.0 Å². The Hall–Kier alpha value is -2.34. The van der Waals surface area contributed by atoms with Gasteiger partial charge in [-0.1, -0.05) is 40.0 Å². The Morgan fingerprint density at radius 1 is 1.20 bits per heavy atom. The average Bonchev–Trinajstić information content (AvgIpc) is 2.74. The van der Waals surface area contributed by atoms with Crippen molar-refractivity contribution >= 4 is 11.6 Å². The summed E-state index contributed by atoms with van der Waals surface area (Å²) in [4.78, 5) is 28.8. The van der Waals surface area contributed by atoms with Crippen LogP contribution in [0.25, 0.3) is 0 Å². The van der Waals surface area contributed by atoms with E-state index in [1.807, 2.05) is 39.2 Å². The highest BCUT2D eigenvalue weighted by Gasteiger charge is 2.25. The van der Waals surface area contributed by atoms with E-state index < -0.39 is 5.41 Å². The molecule has 1 amide bonds. The van der Waals surface area contributed by atoms with Gasteiger partial charge in [0.1, 0.15) is 5.82 Å². The van der Waals surface area contributed by atoms with E-state index in [1.165, 1.54) is 43.4 Å². The number of hydrogen-bond acceptors (Lipinski definition) is 5. The molecule has 30 heavy (non-hydrogen) atoms. The number of amides is 1. The minimum Gasteiger partial charge on any atom is -0.325 e. The first kappa shape index (κ1) is 20.9. The Bertz CT molecular complexity index is 899. The van der Waals surface area contributed by atoms with E-state index in [2.05, 4.69) is 15.2 Å². The third-order valence-corrected chi connectivity index (χ3v) is 6.23. The van der Waals surface area contributed by atoms with Crippen LogP contribution in [0.3, 0.4) is 0 Å². The van der Waals surface area contributed by atoms with Gasteiger partial charge in [0.2, 0.25) is 5.91 Å². The average molecular weight is 408 g/mol. The molecule has 0 unspecified atom stereocenters. The first-order valence-electron chi connectivity index (χ1n) is 11.2. The number of aromatic nitrogens is 3. The lowest BCUT2D eigenvalue weighted by atomic mass is 9.88. The van der Waals surface area contributed by atoms with E-state index in [-0.39, 0.29) is 5.91 Å². The Morgan fingerprint density at radius 3 is 2.77 bits per heavy atom. The number of fused-ring (bicyclic) bond motifs is 1. The maximum atomic E-state index is 12.4. The molecule has 1 aliphatic heterocycles. The summed E-state index contributed by atoms with van der Waals surface area (Å²) >= 11 is 0. The number of rotatable bonds is 4. The van der Waals surface area contributed by atoms with Crippen molar-refractivity contribution in [1.82, 2.24) is 19.9 Å². The van der Waals surface area contributed by atoms with Crippen molar-refractivity contribution in [3.8, 4) is 0 Å². The van der Waals surface area contributed by atoms with Crippen molar-refractivity contribution in [2.45, 2.75) is 78.3 Å². The van der Waals surface area contributed by atoms with Gasteiger partial charge in [0, 0.05) is 78.5 Å². The van der Waals surface area contributed by atoms with Crippen molar-refractivity contribution < 1.29 is 4.79 Å². The maximum absolute atomic E-state index is 12.4. The molecule has 1 fully saturated rings. The Kier molecular flexibility index (Phi) is 6.14. The van der Waals surface area contributed by atoms with Gasteiger partial charge >= 0.3 is 0 Å². The summed E-state index contributed by atoms with van der Waals surface area (Å²) in [6, 6.07) is 1.89. The molecule has 4 rings (SSSR count). The van der Waals surface area contributed by atoms with Crippen molar-refractivity contribution in [1.29, 1.82) is 0 Å². The van der Waals surface area contributed by atoms with Crippen LogP contribution in [0, 0.1) is 5.41 Å². The van der Waals surface area contributed by atoms with E-state index in [4.69, 9.17) is 9.97 Å². The molecule has 0 atom stereocenters. The highest BCUT2D eigenvalue weighted by atomic mass is 16.2. The van der Waals surface area contributed by atoms with Crippen LogP contribution >= 0.6 is 0 Å². The minimum atomic E-state index is -0.433. The monoisotopic (exact) mass is 407 g/mol.